The summed E-state index contributed by atoms with van der Waals surface area (Å²) >= 11 is 0. The fourth-order valence-electron chi connectivity index (χ4n) is 3.95. The molecule has 2 aliphatic rings. The first-order valence-corrected chi connectivity index (χ1v) is 10.6. The highest BCUT2D eigenvalue weighted by Crippen LogP contribution is 2.28. The molecule has 2 aromatic rings. The topological polar surface area (TPSA) is 81.8 Å². The van der Waals surface area contributed by atoms with Crippen LogP contribution in [0.5, 0.6) is 0 Å². The summed E-state index contributed by atoms with van der Waals surface area (Å²) in [6.45, 7) is 4.91. The molecule has 7 nitrogen and oxygen atoms in total. The van der Waals surface area contributed by atoms with Crippen molar-refractivity contribution in [3.8, 4) is 0 Å². The largest absolute Gasteiger partial charge is 0.369 e. The first kappa shape index (κ1) is 21.5. The molecule has 32 heavy (non-hydrogen) atoms. The Bertz CT molecular complexity index is 1120. The number of benzene rings is 2. The maximum Gasteiger partial charge on any atom is 0.329 e. The predicted molar refractivity (Wildman–Crippen MR) is 121 cm³/mol. The molecule has 2 N–H and O–H groups in total. The molecular formula is C24H25FN4O3. The maximum atomic E-state index is 14.7. The predicted octanol–water partition coefficient (Wildman–Crippen LogP) is 3.57. The molecule has 0 saturated carbocycles. The van der Waals surface area contributed by atoms with E-state index in [1.54, 1.807) is 18.2 Å². The third kappa shape index (κ3) is 4.34. The summed E-state index contributed by atoms with van der Waals surface area (Å²) in [5, 5.41) is 5.19. The van der Waals surface area contributed by atoms with E-state index in [0.29, 0.717) is 16.9 Å². The number of carbonyl (C=O) groups is 3. The van der Waals surface area contributed by atoms with E-state index < -0.39 is 24.4 Å². The summed E-state index contributed by atoms with van der Waals surface area (Å²) in [6, 6.07) is 9.68. The van der Waals surface area contributed by atoms with E-state index in [9.17, 15) is 18.8 Å². The molecule has 2 heterocycles. The van der Waals surface area contributed by atoms with Crippen molar-refractivity contribution in [2.45, 2.75) is 26.7 Å². The van der Waals surface area contributed by atoms with Crippen molar-refractivity contribution in [1.82, 2.24) is 10.2 Å². The molecular weight excluding hydrogens is 411 g/mol. The molecule has 0 aliphatic carbocycles. The number of imide groups is 1. The fourth-order valence-corrected chi connectivity index (χ4v) is 3.95. The van der Waals surface area contributed by atoms with E-state index in [-0.39, 0.29) is 11.5 Å². The number of halogens is 1. The van der Waals surface area contributed by atoms with Gasteiger partial charge in [0.05, 0.1) is 5.69 Å². The zero-order valence-electron chi connectivity index (χ0n) is 18.1. The van der Waals surface area contributed by atoms with Gasteiger partial charge in [-0.3, -0.25) is 9.59 Å². The number of rotatable bonds is 5. The third-order valence-corrected chi connectivity index (χ3v) is 5.77. The zero-order chi connectivity index (χ0) is 22.8. The number of para-hydroxylation sites is 1. The minimum absolute atomic E-state index is 0.00936. The van der Waals surface area contributed by atoms with Crippen LogP contribution in [0.15, 0.2) is 42.1 Å². The van der Waals surface area contributed by atoms with Crippen LogP contribution in [0.25, 0.3) is 6.08 Å². The normalized spacial score (nSPS) is 17.3. The highest BCUT2D eigenvalue weighted by atomic mass is 19.1. The van der Waals surface area contributed by atoms with Gasteiger partial charge in [0.1, 0.15) is 18.1 Å². The van der Waals surface area contributed by atoms with Crippen molar-refractivity contribution in [1.29, 1.82) is 0 Å². The quantitative estimate of drug-likeness (QED) is 0.555. The van der Waals surface area contributed by atoms with Crippen LogP contribution >= 0.6 is 0 Å². The van der Waals surface area contributed by atoms with Crippen molar-refractivity contribution in [2.24, 2.45) is 0 Å². The maximum absolute atomic E-state index is 14.7. The highest BCUT2D eigenvalue weighted by Gasteiger charge is 2.35. The van der Waals surface area contributed by atoms with Gasteiger partial charge in [0.25, 0.3) is 5.91 Å². The molecule has 0 radical (unpaired) electrons. The monoisotopic (exact) mass is 436 g/mol. The molecule has 4 rings (SSSR count). The third-order valence-electron chi connectivity index (χ3n) is 5.77. The smallest absolute Gasteiger partial charge is 0.329 e. The Morgan fingerprint density at radius 2 is 1.84 bits per heavy atom. The molecule has 8 heteroatoms. The van der Waals surface area contributed by atoms with Gasteiger partial charge in [-0.15, -0.1) is 0 Å². The zero-order valence-corrected chi connectivity index (χ0v) is 18.1. The van der Waals surface area contributed by atoms with E-state index in [0.717, 1.165) is 42.0 Å². The van der Waals surface area contributed by atoms with Crippen LogP contribution in [0.3, 0.4) is 0 Å². The lowest BCUT2D eigenvalue weighted by Gasteiger charge is -2.19. The molecule has 0 aromatic heterocycles. The fraction of sp³-hybridized carbons (Fsp3) is 0.292. The number of amides is 4. The summed E-state index contributed by atoms with van der Waals surface area (Å²) in [7, 11) is 0. The molecule has 2 aromatic carbocycles. The van der Waals surface area contributed by atoms with Crippen LogP contribution in [0.2, 0.25) is 0 Å². The van der Waals surface area contributed by atoms with E-state index in [2.05, 4.69) is 10.6 Å². The van der Waals surface area contributed by atoms with Gasteiger partial charge in [-0.1, -0.05) is 18.2 Å². The number of nitrogens with one attached hydrogen (secondary N) is 2. The van der Waals surface area contributed by atoms with Gasteiger partial charge >= 0.3 is 6.03 Å². The molecule has 2 aliphatic heterocycles. The van der Waals surface area contributed by atoms with Crippen molar-refractivity contribution >= 4 is 35.3 Å². The molecule has 2 fully saturated rings. The number of hydrogen-bond acceptors (Lipinski definition) is 4. The Morgan fingerprint density at radius 1 is 1.12 bits per heavy atom. The van der Waals surface area contributed by atoms with Gasteiger partial charge in [0.2, 0.25) is 5.91 Å². The Morgan fingerprint density at radius 3 is 2.56 bits per heavy atom. The number of carbonyl (C=O) groups excluding carboxylic acids is 3. The first-order valence-electron chi connectivity index (χ1n) is 10.6. The van der Waals surface area contributed by atoms with Gasteiger partial charge in [-0.05, 0) is 67.7 Å². The lowest BCUT2D eigenvalue weighted by molar-refractivity contribution is -0.127. The summed E-state index contributed by atoms with van der Waals surface area (Å²) in [5.74, 6) is -1.48. The minimum Gasteiger partial charge on any atom is -0.369 e. The van der Waals surface area contributed by atoms with Crippen LogP contribution in [-0.4, -0.2) is 42.4 Å². The van der Waals surface area contributed by atoms with Crippen molar-refractivity contribution < 1.29 is 18.8 Å². The molecule has 0 unspecified atom stereocenters. The van der Waals surface area contributed by atoms with E-state index >= 15 is 0 Å². The molecule has 0 bridgehead atoms. The van der Waals surface area contributed by atoms with E-state index in [1.165, 1.54) is 12.1 Å². The van der Waals surface area contributed by atoms with Crippen LogP contribution in [-0.2, 0) is 9.59 Å². The Kier molecular flexibility index (Phi) is 5.94. The van der Waals surface area contributed by atoms with Crippen LogP contribution in [0, 0.1) is 19.7 Å². The summed E-state index contributed by atoms with van der Waals surface area (Å²) in [6.07, 6.45) is 3.53. The van der Waals surface area contributed by atoms with Crippen molar-refractivity contribution in [2.75, 3.05) is 29.9 Å². The van der Waals surface area contributed by atoms with Crippen LogP contribution in [0.1, 0.15) is 29.5 Å². The molecule has 4 amide bonds. The number of aryl methyl sites for hydroxylation is 2. The number of hydrogen-bond donors (Lipinski definition) is 2. The second kappa shape index (κ2) is 8.82. The van der Waals surface area contributed by atoms with Gasteiger partial charge in [-0.2, -0.15) is 0 Å². The summed E-state index contributed by atoms with van der Waals surface area (Å²) in [4.78, 5) is 40.3. The minimum atomic E-state index is -0.687. The Hall–Kier alpha value is -3.68. The van der Waals surface area contributed by atoms with Crippen LogP contribution < -0.4 is 15.5 Å². The Balaban J connectivity index is 1.49. The van der Waals surface area contributed by atoms with Crippen molar-refractivity contribution in [3.05, 3.63) is 64.6 Å². The second-order valence-electron chi connectivity index (χ2n) is 8.10. The number of anilines is 2. The lowest BCUT2D eigenvalue weighted by Crippen LogP contribution is -2.38. The average molecular weight is 436 g/mol. The molecule has 2 saturated heterocycles. The number of nitrogens with zero attached hydrogens (tertiary/aromatic N) is 2. The summed E-state index contributed by atoms with van der Waals surface area (Å²) < 4.78 is 14.7. The van der Waals surface area contributed by atoms with Gasteiger partial charge in [0, 0.05) is 18.8 Å². The molecule has 166 valence electrons. The molecule has 0 spiro atoms. The van der Waals surface area contributed by atoms with Crippen LogP contribution in [0.4, 0.5) is 20.6 Å². The second-order valence-corrected chi connectivity index (χ2v) is 8.10. The lowest BCUT2D eigenvalue weighted by atomic mass is 10.1. The van der Waals surface area contributed by atoms with Gasteiger partial charge in [-0.25, -0.2) is 14.1 Å². The van der Waals surface area contributed by atoms with Gasteiger partial charge in [0.15, 0.2) is 0 Å². The van der Waals surface area contributed by atoms with Crippen molar-refractivity contribution in [3.63, 3.8) is 0 Å². The Labute approximate surface area is 185 Å². The SMILES string of the molecule is Cc1cc(N2CCCC2)c(F)cc1/C=C1\NC(=O)N(CC(=O)Nc2ccccc2C)C1=O. The van der Waals surface area contributed by atoms with E-state index in [4.69, 9.17) is 0 Å². The first-order chi connectivity index (χ1) is 15.3. The average Bonchev–Trinajstić information content (AvgIpc) is 3.37. The van der Waals surface area contributed by atoms with E-state index in [1.807, 2.05) is 30.9 Å². The summed E-state index contributed by atoms with van der Waals surface area (Å²) in [5.41, 5.74) is 3.34. The number of urea groups is 1. The molecule has 0 atom stereocenters. The highest BCUT2D eigenvalue weighted by molar-refractivity contribution is 6.16. The van der Waals surface area contributed by atoms with Gasteiger partial charge < -0.3 is 15.5 Å². The standard InChI is InChI=1S/C24H25FN4O3/c1-15-7-3-4-8-19(15)26-22(30)14-29-23(31)20(27-24(29)32)13-17-12-18(25)21(11-16(17)2)28-9-5-6-10-28/h3-4,7-8,11-13H,5-6,9-10,14H2,1-2H3,(H,26,30)(H,27,32)/b20-13-.